The van der Waals surface area contributed by atoms with Crippen LogP contribution in [0.5, 0.6) is 0 Å². The molecule has 5 heteroatoms. The average molecular weight is 215 g/mol. The molecule has 0 saturated carbocycles. The number of methoxy groups -OCH3 is 1. The maximum Gasteiger partial charge on any atom is 0.237 e. The smallest absolute Gasteiger partial charge is 0.237 e. The topological polar surface area (TPSA) is 44.8 Å². The summed E-state index contributed by atoms with van der Waals surface area (Å²) in [4.78, 5) is 15.5. The Bertz CT molecular complexity index is 211. The zero-order valence-corrected chi connectivity index (χ0v) is 9.82. The third kappa shape index (κ3) is 3.77. The molecule has 5 nitrogen and oxygen atoms in total. The van der Waals surface area contributed by atoms with Gasteiger partial charge in [0.25, 0.3) is 0 Å². The predicted octanol–water partition coefficient (Wildman–Crippen LogP) is -0.658. The summed E-state index contributed by atoms with van der Waals surface area (Å²) in [6.07, 6.45) is 0.174. The standard InChI is InChI=1S/C10H21N3O2/c1-9-11-8-10(14)13(9)5-4-12(2)6-7-15-3/h9,11H,4-8H2,1-3H3. The van der Waals surface area contributed by atoms with Crippen molar-refractivity contribution < 1.29 is 9.53 Å². The van der Waals surface area contributed by atoms with Gasteiger partial charge in [-0.05, 0) is 14.0 Å². The van der Waals surface area contributed by atoms with Crippen LogP contribution in [0.25, 0.3) is 0 Å². The normalized spacial score (nSPS) is 21.7. The molecule has 1 rings (SSSR count). The zero-order chi connectivity index (χ0) is 11.3. The van der Waals surface area contributed by atoms with Gasteiger partial charge in [0, 0.05) is 26.7 Å². The van der Waals surface area contributed by atoms with Gasteiger partial charge in [0.2, 0.25) is 5.91 Å². The lowest BCUT2D eigenvalue weighted by Crippen LogP contribution is -2.40. The van der Waals surface area contributed by atoms with Crippen LogP contribution in [0, 0.1) is 0 Å². The predicted molar refractivity (Wildman–Crippen MR) is 58.6 cm³/mol. The lowest BCUT2D eigenvalue weighted by atomic mass is 10.4. The van der Waals surface area contributed by atoms with E-state index in [1.807, 2.05) is 18.9 Å². The molecule has 88 valence electrons. The van der Waals surface area contributed by atoms with E-state index in [2.05, 4.69) is 10.2 Å². The van der Waals surface area contributed by atoms with Crippen LogP contribution in [0.3, 0.4) is 0 Å². The van der Waals surface area contributed by atoms with E-state index in [0.717, 1.165) is 26.2 Å². The van der Waals surface area contributed by atoms with Gasteiger partial charge >= 0.3 is 0 Å². The minimum absolute atomic E-state index is 0.174. The Hall–Kier alpha value is -0.650. The van der Waals surface area contributed by atoms with Crippen LogP contribution >= 0.6 is 0 Å². The van der Waals surface area contributed by atoms with E-state index in [1.165, 1.54) is 0 Å². The molecular weight excluding hydrogens is 194 g/mol. The summed E-state index contributed by atoms with van der Waals surface area (Å²) in [6, 6.07) is 0. The van der Waals surface area contributed by atoms with Crippen molar-refractivity contribution in [3.63, 3.8) is 0 Å². The Morgan fingerprint density at radius 2 is 2.33 bits per heavy atom. The number of nitrogens with one attached hydrogen (secondary N) is 1. The van der Waals surface area contributed by atoms with E-state index in [9.17, 15) is 4.79 Å². The number of amides is 1. The third-order valence-electron chi connectivity index (χ3n) is 2.74. The van der Waals surface area contributed by atoms with Crippen LogP contribution in [-0.4, -0.2) is 68.8 Å². The summed E-state index contributed by atoms with van der Waals surface area (Å²) in [7, 11) is 3.74. The van der Waals surface area contributed by atoms with Crippen molar-refractivity contribution >= 4 is 5.91 Å². The van der Waals surface area contributed by atoms with E-state index in [4.69, 9.17) is 4.74 Å². The van der Waals surface area contributed by atoms with Crippen LogP contribution in [0.4, 0.5) is 0 Å². The largest absolute Gasteiger partial charge is 0.383 e. The van der Waals surface area contributed by atoms with E-state index in [-0.39, 0.29) is 12.1 Å². The molecule has 1 aliphatic heterocycles. The maximum atomic E-state index is 11.4. The van der Waals surface area contributed by atoms with E-state index < -0.39 is 0 Å². The van der Waals surface area contributed by atoms with Crippen LogP contribution < -0.4 is 5.32 Å². The molecule has 0 bridgehead atoms. The van der Waals surface area contributed by atoms with Gasteiger partial charge in [0.05, 0.1) is 19.3 Å². The molecule has 1 aliphatic rings. The fourth-order valence-electron chi connectivity index (χ4n) is 1.62. The van der Waals surface area contributed by atoms with Gasteiger partial charge in [-0.15, -0.1) is 0 Å². The monoisotopic (exact) mass is 215 g/mol. The molecule has 1 N–H and O–H groups in total. The number of rotatable bonds is 6. The third-order valence-corrected chi connectivity index (χ3v) is 2.74. The molecular formula is C10H21N3O2. The van der Waals surface area contributed by atoms with Crippen LogP contribution in [0.15, 0.2) is 0 Å². The van der Waals surface area contributed by atoms with E-state index >= 15 is 0 Å². The van der Waals surface area contributed by atoms with Gasteiger partial charge in [-0.1, -0.05) is 0 Å². The van der Waals surface area contributed by atoms with E-state index in [1.54, 1.807) is 7.11 Å². The van der Waals surface area contributed by atoms with Crippen molar-refractivity contribution in [2.24, 2.45) is 0 Å². The Morgan fingerprint density at radius 3 is 2.87 bits per heavy atom. The highest BCUT2D eigenvalue weighted by Crippen LogP contribution is 2.03. The first kappa shape index (κ1) is 12.4. The fraction of sp³-hybridized carbons (Fsp3) is 0.900. The van der Waals surface area contributed by atoms with Gasteiger partial charge in [0.1, 0.15) is 0 Å². The highest BCUT2D eigenvalue weighted by Gasteiger charge is 2.26. The molecule has 1 saturated heterocycles. The number of carbonyl (C=O) groups is 1. The second-order valence-electron chi connectivity index (χ2n) is 3.94. The number of likely N-dealkylation sites (N-methyl/N-ethyl adjacent to an activating group) is 1. The van der Waals surface area contributed by atoms with Crippen LogP contribution in [0.2, 0.25) is 0 Å². The Kier molecular flexibility index (Phi) is 5.01. The van der Waals surface area contributed by atoms with Crippen molar-refractivity contribution in [2.75, 3.05) is 46.9 Å². The second-order valence-corrected chi connectivity index (χ2v) is 3.94. The van der Waals surface area contributed by atoms with Crippen LogP contribution in [0.1, 0.15) is 6.92 Å². The first-order valence-corrected chi connectivity index (χ1v) is 5.35. The highest BCUT2D eigenvalue weighted by atomic mass is 16.5. The molecule has 0 aromatic heterocycles. The SMILES string of the molecule is COCCN(C)CCN1C(=O)CNC1C. The number of hydrogen-bond donors (Lipinski definition) is 1. The molecule has 0 aliphatic carbocycles. The van der Waals surface area contributed by atoms with Crippen molar-refractivity contribution in [1.82, 2.24) is 15.1 Å². The summed E-state index contributed by atoms with van der Waals surface area (Å²) in [5, 5.41) is 3.12. The fourth-order valence-corrected chi connectivity index (χ4v) is 1.62. The molecule has 0 aromatic carbocycles. The van der Waals surface area contributed by atoms with Gasteiger partial charge in [0.15, 0.2) is 0 Å². The van der Waals surface area contributed by atoms with E-state index in [0.29, 0.717) is 6.54 Å². The molecule has 1 fully saturated rings. The molecule has 0 radical (unpaired) electrons. The summed E-state index contributed by atoms with van der Waals surface area (Å²) in [5.41, 5.74) is 0. The molecule has 0 aromatic rings. The lowest BCUT2D eigenvalue weighted by Gasteiger charge is -2.24. The average Bonchev–Trinajstić information content (AvgIpc) is 2.53. The summed E-state index contributed by atoms with van der Waals surface area (Å²) in [5.74, 6) is 0.197. The number of ether oxygens (including phenoxy) is 1. The maximum absolute atomic E-state index is 11.4. The Balaban J connectivity index is 2.21. The van der Waals surface area contributed by atoms with Crippen molar-refractivity contribution in [3.05, 3.63) is 0 Å². The molecule has 1 amide bonds. The highest BCUT2D eigenvalue weighted by molar-refractivity contribution is 5.80. The van der Waals surface area contributed by atoms with Crippen molar-refractivity contribution in [3.8, 4) is 0 Å². The Morgan fingerprint density at radius 1 is 1.60 bits per heavy atom. The first-order chi connectivity index (χ1) is 7.15. The molecule has 15 heavy (non-hydrogen) atoms. The zero-order valence-electron chi connectivity index (χ0n) is 9.82. The minimum atomic E-state index is 0.174. The van der Waals surface area contributed by atoms with Gasteiger partial charge < -0.3 is 14.5 Å². The first-order valence-electron chi connectivity index (χ1n) is 5.35. The van der Waals surface area contributed by atoms with Gasteiger partial charge in [-0.25, -0.2) is 0 Å². The Labute approximate surface area is 91.4 Å². The van der Waals surface area contributed by atoms with Gasteiger partial charge in [-0.3, -0.25) is 10.1 Å². The van der Waals surface area contributed by atoms with Crippen molar-refractivity contribution in [2.45, 2.75) is 13.1 Å². The van der Waals surface area contributed by atoms with Crippen LogP contribution in [-0.2, 0) is 9.53 Å². The molecule has 1 unspecified atom stereocenters. The number of carbonyl (C=O) groups excluding carboxylic acids is 1. The van der Waals surface area contributed by atoms with Crippen molar-refractivity contribution in [1.29, 1.82) is 0 Å². The quantitative estimate of drug-likeness (QED) is 0.639. The number of hydrogen-bond acceptors (Lipinski definition) is 4. The minimum Gasteiger partial charge on any atom is -0.383 e. The molecule has 1 heterocycles. The second kappa shape index (κ2) is 6.05. The number of nitrogens with zero attached hydrogens (tertiary/aromatic N) is 2. The summed E-state index contributed by atoms with van der Waals surface area (Å²) in [6.45, 7) is 5.80. The lowest BCUT2D eigenvalue weighted by molar-refractivity contribution is -0.127. The summed E-state index contributed by atoms with van der Waals surface area (Å²) >= 11 is 0. The molecule has 0 spiro atoms. The van der Waals surface area contributed by atoms with Gasteiger partial charge in [-0.2, -0.15) is 0 Å². The molecule has 1 atom stereocenters. The summed E-state index contributed by atoms with van der Waals surface area (Å²) < 4.78 is 4.99.